The van der Waals surface area contributed by atoms with Crippen molar-refractivity contribution < 1.29 is 9.53 Å². The molecular formula is C22H18N6O2S2. The van der Waals surface area contributed by atoms with Gasteiger partial charge in [0, 0.05) is 21.8 Å². The van der Waals surface area contributed by atoms with Gasteiger partial charge in [0.25, 0.3) is 0 Å². The van der Waals surface area contributed by atoms with Crippen LogP contribution in [0.25, 0.3) is 33.3 Å². The molecular weight excluding hydrogens is 444 g/mol. The van der Waals surface area contributed by atoms with E-state index in [4.69, 9.17) is 4.74 Å². The number of anilines is 1. The monoisotopic (exact) mass is 462 g/mol. The number of nitrogens with one attached hydrogen (secondary N) is 2. The van der Waals surface area contributed by atoms with Crippen molar-refractivity contribution in [3.05, 3.63) is 53.9 Å². The Morgan fingerprint density at radius 2 is 1.94 bits per heavy atom. The van der Waals surface area contributed by atoms with Gasteiger partial charge in [-0.15, -0.1) is 21.5 Å². The van der Waals surface area contributed by atoms with Crippen LogP contribution in [0.5, 0.6) is 5.75 Å². The number of rotatable bonds is 6. The highest BCUT2D eigenvalue weighted by molar-refractivity contribution is 8.00. The minimum Gasteiger partial charge on any atom is -0.497 e. The van der Waals surface area contributed by atoms with Crippen molar-refractivity contribution in [1.82, 2.24) is 25.1 Å². The van der Waals surface area contributed by atoms with Crippen LogP contribution in [0.1, 0.15) is 6.92 Å². The summed E-state index contributed by atoms with van der Waals surface area (Å²) in [6.07, 6.45) is 0. The number of nitrogens with zero attached hydrogens (tertiary/aromatic N) is 4. The third kappa shape index (κ3) is 4.02. The number of thiazole rings is 1. The van der Waals surface area contributed by atoms with Crippen LogP contribution in [0.15, 0.2) is 59.1 Å². The van der Waals surface area contributed by atoms with Crippen LogP contribution in [0.3, 0.4) is 0 Å². The summed E-state index contributed by atoms with van der Waals surface area (Å²) in [5, 5.41) is 14.8. The molecule has 1 atom stereocenters. The zero-order chi connectivity index (χ0) is 22.1. The van der Waals surface area contributed by atoms with E-state index >= 15 is 0 Å². The van der Waals surface area contributed by atoms with E-state index in [1.165, 1.54) is 23.1 Å². The molecule has 2 aromatic carbocycles. The second kappa shape index (κ2) is 8.56. The normalized spacial score (nSPS) is 12.2. The Hall–Kier alpha value is -3.50. The fraction of sp³-hybridized carbons (Fsp3) is 0.136. The van der Waals surface area contributed by atoms with Gasteiger partial charge in [0.15, 0.2) is 10.8 Å². The van der Waals surface area contributed by atoms with Crippen LogP contribution in [-0.4, -0.2) is 43.4 Å². The van der Waals surface area contributed by atoms with Crippen molar-refractivity contribution in [3.8, 4) is 17.0 Å². The molecule has 8 nitrogen and oxygen atoms in total. The fourth-order valence-electron chi connectivity index (χ4n) is 3.20. The number of H-pyrrole nitrogens is 1. The average Bonchev–Trinajstić information content (AvgIpc) is 3.43. The first-order valence-corrected chi connectivity index (χ1v) is 11.6. The largest absolute Gasteiger partial charge is 0.497 e. The molecule has 0 aliphatic carbocycles. The third-order valence-electron chi connectivity index (χ3n) is 4.87. The summed E-state index contributed by atoms with van der Waals surface area (Å²) in [5.74, 6) is 0.608. The molecule has 0 saturated carbocycles. The number of hydrogen-bond donors (Lipinski definition) is 2. The number of benzene rings is 2. The lowest BCUT2D eigenvalue weighted by Crippen LogP contribution is -2.22. The summed E-state index contributed by atoms with van der Waals surface area (Å²) in [4.78, 5) is 25.0. The molecule has 5 aromatic rings. The molecule has 0 saturated heterocycles. The zero-order valence-corrected chi connectivity index (χ0v) is 18.8. The average molecular weight is 463 g/mol. The Kier molecular flexibility index (Phi) is 5.46. The van der Waals surface area contributed by atoms with Gasteiger partial charge >= 0.3 is 0 Å². The Morgan fingerprint density at radius 1 is 1.12 bits per heavy atom. The second-order valence-corrected chi connectivity index (χ2v) is 9.14. The van der Waals surface area contributed by atoms with Gasteiger partial charge in [-0.3, -0.25) is 4.79 Å². The maximum atomic E-state index is 12.7. The van der Waals surface area contributed by atoms with Gasteiger partial charge in [-0.1, -0.05) is 30.0 Å². The summed E-state index contributed by atoms with van der Waals surface area (Å²) in [6, 6.07) is 15.5. The predicted octanol–water partition coefficient (Wildman–Crippen LogP) is 4.76. The van der Waals surface area contributed by atoms with E-state index in [0.29, 0.717) is 15.9 Å². The Labute approximate surface area is 191 Å². The van der Waals surface area contributed by atoms with Crippen LogP contribution < -0.4 is 10.1 Å². The van der Waals surface area contributed by atoms with E-state index in [1.807, 2.05) is 53.9 Å². The number of ether oxygens (including phenoxy) is 1. The highest BCUT2D eigenvalue weighted by Gasteiger charge is 2.19. The van der Waals surface area contributed by atoms with E-state index in [-0.39, 0.29) is 5.91 Å². The maximum Gasteiger partial charge on any atom is 0.239 e. The van der Waals surface area contributed by atoms with Crippen LogP contribution in [-0.2, 0) is 4.79 Å². The molecule has 3 aromatic heterocycles. The SMILES string of the molecule is COc1ccc(-c2csc(NC(=O)C(C)Sc3nnc4c(n3)[nH]c3ccccc34)n2)cc1. The highest BCUT2D eigenvalue weighted by Crippen LogP contribution is 2.28. The summed E-state index contributed by atoms with van der Waals surface area (Å²) < 4.78 is 5.18. The summed E-state index contributed by atoms with van der Waals surface area (Å²) in [7, 11) is 1.63. The minimum atomic E-state index is -0.424. The first kappa shape index (κ1) is 20.4. The van der Waals surface area contributed by atoms with Crippen molar-refractivity contribution in [2.24, 2.45) is 0 Å². The molecule has 10 heteroatoms. The van der Waals surface area contributed by atoms with Gasteiger partial charge in [0.05, 0.1) is 18.1 Å². The Bertz CT molecular complexity index is 1410. The number of amides is 1. The van der Waals surface area contributed by atoms with E-state index in [0.717, 1.165) is 33.4 Å². The van der Waals surface area contributed by atoms with Crippen molar-refractivity contribution >= 4 is 56.2 Å². The smallest absolute Gasteiger partial charge is 0.239 e. The number of carbonyl (C=O) groups excluding carboxylic acids is 1. The van der Waals surface area contributed by atoms with Crippen molar-refractivity contribution in [2.45, 2.75) is 17.3 Å². The summed E-state index contributed by atoms with van der Waals surface area (Å²) in [5.41, 5.74) is 4.08. The molecule has 1 amide bonds. The maximum absolute atomic E-state index is 12.7. The standard InChI is InChI=1S/C22H18N6O2S2/c1-12(32-22-25-19-18(27-28-22)15-5-3-4-6-16(15)23-19)20(29)26-21-24-17(11-31-21)13-7-9-14(30-2)10-8-13/h3-12H,1-2H3,(H,23,25,28)(H,24,26,29). The molecule has 5 rings (SSSR count). The number of carbonyl (C=O) groups is 1. The third-order valence-corrected chi connectivity index (χ3v) is 6.58. The lowest BCUT2D eigenvalue weighted by Gasteiger charge is -2.08. The number of hydrogen-bond acceptors (Lipinski definition) is 8. The Balaban J connectivity index is 1.27. The Morgan fingerprint density at radius 3 is 2.75 bits per heavy atom. The lowest BCUT2D eigenvalue weighted by molar-refractivity contribution is -0.115. The van der Waals surface area contributed by atoms with Crippen LogP contribution in [0, 0.1) is 0 Å². The first-order valence-electron chi connectivity index (χ1n) is 9.79. The van der Waals surface area contributed by atoms with Gasteiger partial charge in [-0.25, -0.2) is 9.97 Å². The van der Waals surface area contributed by atoms with E-state index in [1.54, 1.807) is 14.0 Å². The van der Waals surface area contributed by atoms with E-state index in [9.17, 15) is 4.79 Å². The first-order chi connectivity index (χ1) is 15.6. The quantitative estimate of drug-likeness (QED) is 0.351. The molecule has 0 aliphatic rings. The molecule has 160 valence electrons. The minimum absolute atomic E-state index is 0.175. The van der Waals surface area contributed by atoms with Gasteiger partial charge in [0.2, 0.25) is 11.1 Å². The summed E-state index contributed by atoms with van der Waals surface area (Å²) in [6.45, 7) is 1.80. The van der Waals surface area contributed by atoms with E-state index < -0.39 is 5.25 Å². The molecule has 0 spiro atoms. The van der Waals surface area contributed by atoms with Crippen molar-refractivity contribution in [2.75, 3.05) is 12.4 Å². The number of methoxy groups -OCH3 is 1. The predicted molar refractivity (Wildman–Crippen MR) is 127 cm³/mol. The molecule has 3 heterocycles. The zero-order valence-electron chi connectivity index (χ0n) is 17.2. The van der Waals surface area contributed by atoms with Gasteiger partial charge < -0.3 is 15.0 Å². The van der Waals surface area contributed by atoms with Crippen LogP contribution in [0.2, 0.25) is 0 Å². The number of aromatic nitrogens is 5. The molecule has 1 unspecified atom stereocenters. The van der Waals surface area contributed by atoms with Crippen molar-refractivity contribution in [3.63, 3.8) is 0 Å². The molecule has 32 heavy (non-hydrogen) atoms. The lowest BCUT2D eigenvalue weighted by atomic mass is 10.2. The van der Waals surface area contributed by atoms with E-state index in [2.05, 4.69) is 30.5 Å². The van der Waals surface area contributed by atoms with Gasteiger partial charge in [0.1, 0.15) is 11.3 Å². The topological polar surface area (TPSA) is 106 Å². The molecule has 0 bridgehead atoms. The fourth-order valence-corrected chi connectivity index (χ4v) is 4.64. The highest BCUT2D eigenvalue weighted by atomic mass is 32.2. The number of aromatic amines is 1. The van der Waals surface area contributed by atoms with Crippen LogP contribution >= 0.6 is 23.1 Å². The van der Waals surface area contributed by atoms with Crippen LogP contribution in [0.4, 0.5) is 5.13 Å². The second-order valence-electron chi connectivity index (χ2n) is 6.98. The molecule has 0 radical (unpaired) electrons. The molecule has 2 N–H and O–H groups in total. The number of fused-ring (bicyclic) bond motifs is 3. The molecule has 0 fully saturated rings. The molecule has 0 aliphatic heterocycles. The number of thioether (sulfide) groups is 1. The summed E-state index contributed by atoms with van der Waals surface area (Å²) >= 11 is 2.63. The van der Waals surface area contributed by atoms with Crippen molar-refractivity contribution in [1.29, 1.82) is 0 Å². The van der Waals surface area contributed by atoms with Gasteiger partial charge in [-0.05, 0) is 37.3 Å². The van der Waals surface area contributed by atoms with Gasteiger partial charge in [-0.2, -0.15) is 0 Å². The number of para-hydroxylation sites is 1.